The molecule has 0 spiro atoms. The van der Waals surface area contributed by atoms with Gasteiger partial charge in [0.25, 0.3) is 5.91 Å². The summed E-state index contributed by atoms with van der Waals surface area (Å²) in [6.07, 6.45) is 1.37. The largest absolute Gasteiger partial charge is 0.507 e. The summed E-state index contributed by atoms with van der Waals surface area (Å²) in [5.74, 6) is 0.401. The first-order valence-electron chi connectivity index (χ1n) is 7.48. The standard InChI is InChI=1S/C18H16N4O3/c1-25-14-8-6-12(7-9-14)15-10-16(21-20-15)18(24)22-19-11-13-4-2-3-5-17(13)23/h2-11,23H,1H3,(H,20,21)(H,22,24). The average molecular weight is 336 g/mol. The highest BCUT2D eigenvalue weighted by atomic mass is 16.5. The van der Waals surface area contributed by atoms with Crippen LogP contribution >= 0.6 is 0 Å². The van der Waals surface area contributed by atoms with Crippen molar-refractivity contribution in [3.8, 4) is 22.8 Å². The van der Waals surface area contributed by atoms with E-state index in [1.807, 2.05) is 24.3 Å². The van der Waals surface area contributed by atoms with Gasteiger partial charge in [-0.15, -0.1) is 0 Å². The van der Waals surface area contributed by atoms with E-state index in [1.165, 1.54) is 6.21 Å². The van der Waals surface area contributed by atoms with Crippen molar-refractivity contribution < 1.29 is 14.6 Å². The van der Waals surface area contributed by atoms with E-state index in [0.717, 1.165) is 11.3 Å². The second kappa shape index (κ2) is 7.31. The summed E-state index contributed by atoms with van der Waals surface area (Å²) < 4.78 is 5.11. The monoisotopic (exact) mass is 336 g/mol. The van der Waals surface area contributed by atoms with Crippen molar-refractivity contribution >= 4 is 12.1 Å². The van der Waals surface area contributed by atoms with Crippen molar-refractivity contribution in [1.29, 1.82) is 0 Å². The molecule has 3 aromatic rings. The molecule has 25 heavy (non-hydrogen) atoms. The van der Waals surface area contributed by atoms with Crippen molar-refractivity contribution in [3.63, 3.8) is 0 Å². The molecular formula is C18H16N4O3. The van der Waals surface area contributed by atoms with Crippen LogP contribution in [0.2, 0.25) is 0 Å². The molecule has 0 saturated heterocycles. The van der Waals surface area contributed by atoms with Crippen molar-refractivity contribution in [1.82, 2.24) is 15.6 Å². The number of phenolic OH excluding ortho intramolecular Hbond substituents is 1. The number of carbonyl (C=O) groups is 1. The first-order chi connectivity index (χ1) is 12.2. The first kappa shape index (κ1) is 16.3. The van der Waals surface area contributed by atoms with Crippen LogP contribution in [-0.2, 0) is 0 Å². The zero-order valence-electron chi connectivity index (χ0n) is 13.4. The predicted molar refractivity (Wildman–Crippen MR) is 93.7 cm³/mol. The summed E-state index contributed by atoms with van der Waals surface area (Å²) in [7, 11) is 1.60. The highest BCUT2D eigenvalue weighted by Crippen LogP contribution is 2.21. The van der Waals surface area contributed by atoms with E-state index >= 15 is 0 Å². The summed E-state index contributed by atoms with van der Waals surface area (Å²) in [6.45, 7) is 0. The Morgan fingerprint density at radius 3 is 2.72 bits per heavy atom. The predicted octanol–water partition coefficient (Wildman–Crippen LogP) is 2.55. The van der Waals surface area contributed by atoms with Gasteiger partial charge in [-0.3, -0.25) is 9.89 Å². The number of ether oxygens (including phenoxy) is 1. The SMILES string of the molecule is COc1ccc(-c2cc(C(=O)NN=Cc3ccccc3O)[nH]n2)cc1. The lowest BCUT2D eigenvalue weighted by atomic mass is 10.1. The number of nitrogens with zero attached hydrogens (tertiary/aromatic N) is 2. The maximum atomic E-state index is 12.1. The molecule has 2 aromatic carbocycles. The summed E-state index contributed by atoms with van der Waals surface area (Å²) in [5.41, 5.74) is 4.66. The van der Waals surface area contributed by atoms with Gasteiger partial charge in [0.05, 0.1) is 19.0 Å². The number of hydrogen-bond donors (Lipinski definition) is 3. The fraction of sp³-hybridized carbons (Fsp3) is 0.0556. The number of aromatic nitrogens is 2. The van der Waals surface area contributed by atoms with Crippen LogP contribution in [0.4, 0.5) is 0 Å². The molecule has 0 unspecified atom stereocenters. The third kappa shape index (κ3) is 3.84. The molecule has 3 N–H and O–H groups in total. The minimum Gasteiger partial charge on any atom is -0.507 e. The minimum atomic E-state index is -0.432. The van der Waals surface area contributed by atoms with Gasteiger partial charge in [-0.25, -0.2) is 5.43 Å². The average Bonchev–Trinajstić information content (AvgIpc) is 3.13. The second-order valence-corrected chi connectivity index (χ2v) is 5.15. The van der Waals surface area contributed by atoms with E-state index in [4.69, 9.17) is 4.74 Å². The van der Waals surface area contributed by atoms with E-state index in [-0.39, 0.29) is 11.4 Å². The normalized spacial score (nSPS) is 10.8. The molecule has 3 rings (SSSR count). The number of para-hydroxylation sites is 1. The Kier molecular flexibility index (Phi) is 4.75. The van der Waals surface area contributed by atoms with Crippen LogP contribution in [0.25, 0.3) is 11.3 Å². The molecule has 1 aromatic heterocycles. The lowest BCUT2D eigenvalue weighted by Crippen LogP contribution is -2.18. The summed E-state index contributed by atoms with van der Waals surface area (Å²) in [6, 6.07) is 15.7. The van der Waals surface area contributed by atoms with Crippen LogP contribution in [0, 0.1) is 0 Å². The molecule has 0 aliphatic carbocycles. The molecule has 0 bridgehead atoms. The lowest BCUT2D eigenvalue weighted by Gasteiger charge is -2.00. The highest BCUT2D eigenvalue weighted by Gasteiger charge is 2.10. The zero-order valence-corrected chi connectivity index (χ0v) is 13.4. The van der Waals surface area contributed by atoms with Gasteiger partial charge in [0.15, 0.2) is 0 Å². The number of nitrogens with one attached hydrogen (secondary N) is 2. The Morgan fingerprint density at radius 1 is 1.24 bits per heavy atom. The summed E-state index contributed by atoms with van der Waals surface area (Å²) in [4.78, 5) is 12.1. The van der Waals surface area contributed by atoms with Crippen molar-refractivity contribution in [2.24, 2.45) is 5.10 Å². The Balaban J connectivity index is 1.67. The van der Waals surface area contributed by atoms with Crippen LogP contribution in [0.15, 0.2) is 59.7 Å². The van der Waals surface area contributed by atoms with Gasteiger partial charge in [-0.05, 0) is 42.5 Å². The maximum Gasteiger partial charge on any atom is 0.289 e. The van der Waals surface area contributed by atoms with Gasteiger partial charge in [0.1, 0.15) is 17.2 Å². The van der Waals surface area contributed by atoms with Crippen LogP contribution in [0.5, 0.6) is 11.5 Å². The molecule has 0 atom stereocenters. The van der Waals surface area contributed by atoms with Crippen molar-refractivity contribution in [3.05, 3.63) is 65.9 Å². The number of aromatic amines is 1. The topological polar surface area (TPSA) is 99.6 Å². The van der Waals surface area contributed by atoms with Crippen LogP contribution < -0.4 is 10.2 Å². The van der Waals surface area contributed by atoms with E-state index < -0.39 is 5.91 Å². The van der Waals surface area contributed by atoms with Crippen molar-refractivity contribution in [2.45, 2.75) is 0 Å². The maximum absolute atomic E-state index is 12.1. The number of carbonyl (C=O) groups excluding carboxylic acids is 1. The minimum absolute atomic E-state index is 0.0869. The van der Waals surface area contributed by atoms with E-state index in [2.05, 4.69) is 20.7 Å². The molecule has 1 amide bonds. The third-order valence-corrected chi connectivity index (χ3v) is 3.51. The lowest BCUT2D eigenvalue weighted by molar-refractivity contribution is 0.0950. The van der Waals surface area contributed by atoms with Crippen LogP contribution in [-0.4, -0.2) is 34.5 Å². The van der Waals surface area contributed by atoms with Gasteiger partial charge in [-0.2, -0.15) is 10.2 Å². The van der Waals surface area contributed by atoms with Gasteiger partial charge in [0, 0.05) is 11.1 Å². The fourth-order valence-electron chi connectivity index (χ4n) is 2.17. The molecular weight excluding hydrogens is 320 g/mol. The first-order valence-corrected chi connectivity index (χ1v) is 7.48. The number of aromatic hydroxyl groups is 1. The van der Waals surface area contributed by atoms with Crippen molar-refractivity contribution in [2.75, 3.05) is 7.11 Å². The van der Waals surface area contributed by atoms with Gasteiger partial charge < -0.3 is 9.84 Å². The highest BCUT2D eigenvalue weighted by molar-refractivity contribution is 5.94. The molecule has 0 saturated carbocycles. The Labute approximate surface area is 144 Å². The Morgan fingerprint density at radius 2 is 2.00 bits per heavy atom. The molecule has 0 fully saturated rings. The number of benzene rings is 2. The van der Waals surface area contributed by atoms with E-state index in [1.54, 1.807) is 37.4 Å². The number of methoxy groups -OCH3 is 1. The number of phenols is 1. The molecule has 126 valence electrons. The molecule has 7 nitrogen and oxygen atoms in total. The quantitative estimate of drug-likeness (QED) is 0.492. The Hall–Kier alpha value is -3.61. The summed E-state index contributed by atoms with van der Waals surface area (Å²) in [5, 5.41) is 20.3. The smallest absolute Gasteiger partial charge is 0.289 e. The third-order valence-electron chi connectivity index (χ3n) is 3.51. The second-order valence-electron chi connectivity index (χ2n) is 5.15. The molecule has 0 radical (unpaired) electrons. The number of amides is 1. The van der Waals surface area contributed by atoms with E-state index in [9.17, 15) is 9.90 Å². The number of hydrazone groups is 1. The number of rotatable bonds is 5. The summed E-state index contributed by atoms with van der Waals surface area (Å²) >= 11 is 0. The number of H-pyrrole nitrogens is 1. The number of hydrogen-bond acceptors (Lipinski definition) is 5. The molecule has 0 aliphatic rings. The zero-order chi connectivity index (χ0) is 17.6. The van der Waals surface area contributed by atoms with Crippen LogP contribution in [0.1, 0.15) is 16.1 Å². The van der Waals surface area contributed by atoms with E-state index in [0.29, 0.717) is 11.3 Å². The van der Waals surface area contributed by atoms with Crippen LogP contribution in [0.3, 0.4) is 0 Å². The van der Waals surface area contributed by atoms with Gasteiger partial charge in [-0.1, -0.05) is 12.1 Å². The van der Waals surface area contributed by atoms with Gasteiger partial charge >= 0.3 is 0 Å². The molecule has 1 heterocycles. The fourth-order valence-corrected chi connectivity index (χ4v) is 2.17. The van der Waals surface area contributed by atoms with Gasteiger partial charge in [0.2, 0.25) is 0 Å². The molecule has 7 heteroatoms. The molecule has 0 aliphatic heterocycles. The Bertz CT molecular complexity index is 901.